The van der Waals surface area contributed by atoms with Crippen LogP contribution in [0.2, 0.25) is 0 Å². The molecule has 4 nitrogen and oxygen atoms in total. The van der Waals surface area contributed by atoms with Gasteiger partial charge in [0.25, 0.3) is 0 Å². The third kappa shape index (κ3) is 4.81. The second-order valence-corrected chi connectivity index (χ2v) is 3.80. The zero-order valence-electron chi connectivity index (χ0n) is 9.47. The summed E-state index contributed by atoms with van der Waals surface area (Å²) >= 11 is 5.23. The van der Waals surface area contributed by atoms with Crippen LogP contribution in [0.1, 0.15) is 6.42 Å². The Bertz CT molecular complexity index is 388. The van der Waals surface area contributed by atoms with Gasteiger partial charge in [0.2, 0.25) is 0 Å². The Morgan fingerprint density at radius 1 is 1.35 bits per heavy atom. The molecule has 0 aliphatic rings. The van der Waals surface area contributed by atoms with Gasteiger partial charge in [-0.05, 0) is 24.4 Å². The minimum absolute atomic E-state index is 0.0159. The third-order valence-corrected chi connectivity index (χ3v) is 2.54. The maximum Gasteiger partial charge on any atom is 0.173 e. The van der Waals surface area contributed by atoms with E-state index in [0.717, 1.165) is 5.69 Å². The van der Waals surface area contributed by atoms with Gasteiger partial charge in [0.1, 0.15) is 0 Å². The molecule has 0 heterocycles. The molecule has 0 saturated carbocycles. The maximum absolute atomic E-state index is 8.94. The van der Waals surface area contributed by atoms with Gasteiger partial charge in [-0.15, -0.1) is 0 Å². The highest BCUT2D eigenvalue weighted by Crippen LogP contribution is 2.07. The van der Waals surface area contributed by atoms with Crippen LogP contribution in [0, 0.1) is 11.3 Å². The lowest BCUT2D eigenvalue weighted by molar-refractivity contribution is 0.252. The van der Waals surface area contributed by atoms with Gasteiger partial charge >= 0.3 is 0 Å². The fraction of sp³-hybridized carbons (Fsp3) is 0.333. The molecular weight excluding hydrogens is 234 g/mol. The molecule has 0 amide bonds. The molecule has 0 fully saturated rings. The van der Waals surface area contributed by atoms with Gasteiger partial charge in [0, 0.05) is 18.8 Å². The van der Waals surface area contributed by atoms with Crippen LogP contribution in [0.15, 0.2) is 30.3 Å². The first-order chi connectivity index (χ1) is 8.27. The normalized spacial score (nSPS) is 9.41. The fourth-order valence-corrected chi connectivity index (χ4v) is 1.65. The van der Waals surface area contributed by atoms with Gasteiger partial charge in [0.05, 0.1) is 19.1 Å². The number of hydrogen-bond donors (Lipinski definition) is 2. The minimum atomic E-state index is 0.0159. The summed E-state index contributed by atoms with van der Waals surface area (Å²) < 4.78 is 0. The molecule has 0 spiro atoms. The van der Waals surface area contributed by atoms with Gasteiger partial charge in [-0.25, -0.2) is 0 Å². The summed E-state index contributed by atoms with van der Waals surface area (Å²) in [6, 6.07) is 11.6. The molecule has 5 heteroatoms. The monoisotopic (exact) mass is 249 g/mol. The smallest absolute Gasteiger partial charge is 0.173 e. The van der Waals surface area contributed by atoms with Crippen molar-refractivity contribution in [3.05, 3.63) is 30.3 Å². The molecule has 0 aliphatic carbocycles. The number of anilines is 1. The minimum Gasteiger partial charge on any atom is -0.395 e. The first-order valence-corrected chi connectivity index (χ1v) is 5.77. The molecule has 1 rings (SSSR count). The predicted octanol–water partition coefficient (Wildman–Crippen LogP) is 1.59. The van der Waals surface area contributed by atoms with E-state index in [1.165, 1.54) is 0 Å². The van der Waals surface area contributed by atoms with Gasteiger partial charge in [-0.3, -0.25) is 0 Å². The highest BCUT2D eigenvalue weighted by atomic mass is 32.1. The van der Waals surface area contributed by atoms with Crippen LogP contribution in [0.4, 0.5) is 5.69 Å². The van der Waals surface area contributed by atoms with Crippen molar-refractivity contribution in [1.82, 2.24) is 4.90 Å². The largest absolute Gasteiger partial charge is 0.395 e. The SMILES string of the molecule is N#CCCN(CCO)C(=S)Nc1ccccc1. The number of benzene rings is 1. The first-order valence-electron chi connectivity index (χ1n) is 5.36. The number of rotatable bonds is 5. The Morgan fingerprint density at radius 3 is 2.65 bits per heavy atom. The van der Waals surface area contributed by atoms with E-state index in [4.69, 9.17) is 22.6 Å². The van der Waals surface area contributed by atoms with E-state index in [2.05, 4.69) is 11.4 Å². The van der Waals surface area contributed by atoms with E-state index < -0.39 is 0 Å². The lowest BCUT2D eigenvalue weighted by Gasteiger charge is -2.24. The highest BCUT2D eigenvalue weighted by molar-refractivity contribution is 7.80. The Kier molecular flexibility index (Phi) is 6.00. The van der Waals surface area contributed by atoms with Crippen LogP contribution in [-0.4, -0.2) is 34.8 Å². The lowest BCUT2D eigenvalue weighted by atomic mass is 10.3. The predicted molar refractivity (Wildman–Crippen MR) is 71.6 cm³/mol. The van der Waals surface area contributed by atoms with E-state index in [0.29, 0.717) is 24.6 Å². The molecule has 0 unspecified atom stereocenters. The van der Waals surface area contributed by atoms with Crippen molar-refractivity contribution >= 4 is 23.0 Å². The summed E-state index contributed by atoms with van der Waals surface area (Å²) in [5.74, 6) is 0. The summed E-state index contributed by atoms with van der Waals surface area (Å²) in [4.78, 5) is 1.78. The topological polar surface area (TPSA) is 59.3 Å². The number of aliphatic hydroxyl groups excluding tert-OH is 1. The average molecular weight is 249 g/mol. The molecule has 0 atom stereocenters. The number of para-hydroxylation sites is 1. The molecule has 0 bridgehead atoms. The summed E-state index contributed by atoms with van der Waals surface area (Å²) in [6.07, 6.45) is 0.386. The fourth-order valence-electron chi connectivity index (χ4n) is 1.34. The first kappa shape index (κ1) is 13.4. The summed E-state index contributed by atoms with van der Waals surface area (Å²) in [6.45, 7) is 0.970. The molecule has 90 valence electrons. The maximum atomic E-state index is 8.94. The van der Waals surface area contributed by atoms with E-state index >= 15 is 0 Å². The molecule has 17 heavy (non-hydrogen) atoms. The molecule has 0 aromatic heterocycles. The number of nitrogens with zero attached hydrogens (tertiary/aromatic N) is 2. The average Bonchev–Trinajstić information content (AvgIpc) is 2.35. The van der Waals surface area contributed by atoms with Gasteiger partial charge in [0.15, 0.2) is 5.11 Å². The summed E-state index contributed by atoms with van der Waals surface area (Å²) in [5.41, 5.74) is 0.900. The van der Waals surface area contributed by atoms with E-state index in [9.17, 15) is 0 Å². The lowest BCUT2D eigenvalue weighted by Crippen LogP contribution is -2.37. The summed E-state index contributed by atoms with van der Waals surface area (Å²) in [5, 5.41) is 21.1. The van der Waals surface area contributed by atoms with Crippen LogP contribution in [0.25, 0.3) is 0 Å². The number of thiocarbonyl (C=S) groups is 1. The molecule has 2 N–H and O–H groups in total. The second-order valence-electron chi connectivity index (χ2n) is 3.41. The Labute approximate surface area is 106 Å². The molecule has 1 aromatic rings. The van der Waals surface area contributed by atoms with Crippen molar-refractivity contribution in [3.63, 3.8) is 0 Å². The number of nitriles is 1. The third-order valence-electron chi connectivity index (χ3n) is 2.18. The Balaban J connectivity index is 2.56. The molecular formula is C12H15N3OS. The number of nitrogens with one attached hydrogen (secondary N) is 1. The van der Waals surface area contributed by atoms with Gasteiger partial charge < -0.3 is 15.3 Å². The van der Waals surface area contributed by atoms with Gasteiger partial charge in [-0.1, -0.05) is 18.2 Å². The van der Waals surface area contributed by atoms with Crippen molar-refractivity contribution < 1.29 is 5.11 Å². The van der Waals surface area contributed by atoms with E-state index in [-0.39, 0.29) is 6.61 Å². The molecule has 0 saturated heterocycles. The Hall–Kier alpha value is -1.64. The quantitative estimate of drug-likeness (QED) is 0.776. The van der Waals surface area contributed by atoms with Gasteiger partial charge in [-0.2, -0.15) is 5.26 Å². The van der Waals surface area contributed by atoms with Crippen LogP contribution >= 0.6 is 12.2 Å². The van der Waals surface area contributed by atoms with Crippen LogP contribution < -0.4 is 5.32 Å². The summed E-state index contributed by atoms with van der Waals surface area (Å²) in [7, 11) is 0. The van der Waals surface area contributed by atoms with Crippen LogP contribution in [0.5, 0.6) is 0 Å². The Morgan fingerprint density at radius 2 is 2.06 bits per heavy atom. The van der Waals surface area contributed by atoms with Crippen LogP contribution in [-0.2, 0) is 0 Å². The second kappa shape index (κ2) is 7.60. The molecule has 1 aromatic carbocycles. The van der Waals surface area contributed by atoms with Crippen molar-refractivity contribution in [2.24, 2.45) is 0 Å². The van der Waals surface area contributed by atoms with Crippen molar-refractivity contribution in [3.8, 4) is 6.07 Å². The van der Waals surface area contributed by atoms with Crippen molar-refractivity contribution in [2.45, 2.75) is 6.42 Å². The van der Waals surface area contributed by atoms with E-state index in [1.54, 1.807) is 4.90 Å². The molecule has 0 radical (unpaired) electrons. The van der Waals surface area contributed by atoms with Crippen molar-refractivity contribution in [1.29, 1.82) is 5.26 Å². The highest BCUT2D eigenvalue weighted by Gasteiger charge is 2.08. The zero-order chi connectivity index (χ0) is 12.5. The van der Waals surface area contributed by atoms with Crippen molar-refractivity contribution in [2.75, 3.05) is 25.0 Å². The number of aliphatic hydroxyl groups is 1. The van der Waals surface area contributed by atoms with Crippen LogP contribution in [0.3, 0.4) is 0 Å². The van der Waals surface area contributed by atoms with E-state index in [1.807, 2.05) is 30.3 Å². The standard InChI is InChI=1S/C12H15N3OS/c13-7-4-8-15(9-10-16)12(17)14-11-5-2-1-3-6-11/h1-3,5-6,16H,4,8-10H2,(H,14,17). The molecule has 0 aliphatic heterocycles. The zero-order valence-corrected chi connectivity index (χ0v) is 10.3. The number of hydrogen-bond acceptors (Lipinski definition) is 3.